The number of nitrogens with two attached hydrogens (primary N) is 1. The van der Waals surface area contributed by atoms with Gasteiger partial charge in [-0.3, -0.25) is 0 Å². The molecule has 0 heterocycles. The van der Waals surface area contributed by atoms with Gasteiger partial charge in [-0.05, 0) is 0 Å². The van der Waals surface area contributed by atoms with Crippen molar-refractivity contribution in [3.05, 3.63) is 29.3 Å². The third kappa shape index (κ3) is 3.02. The Morgan fingerprint density at radius 3 is 2.20 bits per heavy atom. The standard InChI is InChI=1S/C9H11F2NO2.ClH/c1-14-5-2-6(10)9(7(11)3-5)8(12)4-13;/h2-3,8,13H,4,12H2,1H3;1H/t8-;/m0./s1. The molecule has 1 atom stereocenters. The van der Waals surface area contributed by atoms with Gasteiger partial charge in [-0.15, -0.1) is 12.4 Å². The summed E-state index contributed by atoms with van der Waals surface area (Å²) in [5, 5.41) is 8.67. The number of rotatable bonds is 3. The van der Waals surface area contributed by atoms with E-state index in [9.17, 15) is 8.78 Å². The van der Waals surface area contributed by atoms with Gasteiger partial charge in [0, 0.05) is 17.7 Å². The third-order valence-electron chi connectivity index (χ3n) is 1.86. The van der Waals surface area contributed by atoms with Gasteiger partial charge < -0.3 is 15.6 Å². The number of hydrogen-bond acceptors (Lipinski definition) is 3. The van der Waals surface area contributed by atoms with E-state index < -0.39 is 24.3 Å². The average Bonchev–Trinajstić information content (AvgIpc) is 2.16. The Morgan fingerprint density at radius 1 is 1.40 bits per heavy atom. The zero-order valence-corrected chi connectivity index (χ0v) is 8.85. The lowest BCUT2D eigenvalue weighted by Gasteiger charge is -2.12. The molecule has 0 aromatic heterocycles. The van der Waals surface area contributed by atoms with Gasteiger partial charge in [-0.25, -0.2) is 8.78 Å². The number of hydrogen-bond donors (Lipinski definition) is 2. The van der Waals surface area contributed by atoms with Crippen molar-refractivity contribution >= 4 is 12.4 Å². The van der Waals surface area contributed by atoms with E-state index in [1.807, 2.05) is 0 Å². The first-order valence-electron chi connectivity index (χ1n) is 3.99. The van der Waals surface area contributed by atoms with Crippen LogP contribution in [0.5, 0.6) is 5.75 Å². The second-order valence-electron chi connectivity index (χ2n) is 2.79. The van der Waals surface area contributed by atoms with Crippen molar-refractivity contribution in [2.24, 2.45) is 5.73 Å². The lowest BCUT2D eigenvalue weighted by molar-refractivity contribution is 0.262. The van der Waals surface area contributed by atoms with Crippen molar-refractivity contribution < 1.29 is 18.6 Å². The van der Waals surface area contributed by atoms with E-state index in [-0.39, 0.29) is 23.7 Å². The summed E-state index contributed by atoms with van der Waals surface area (Å²) >= 11 is 0. The van der Waals surface area contributed by atoms with Crippen molar-refractivity contribution in [3.8, 4) is 5.75 Å². The highest BCUT2D eigenvalue weighted by atomic mass is 35.5. The minimum atomic E-state index is -1.05. The van der Waals surface area contributed by atoms with Crippen molar-refractivity contribution in [2.75, 3.05) is 13.7 Å². The van der Waals surface area contributed by atoms with Gasteiger partial charge in [0.25, 0.3) is 0 Å². The van der Waals surface area contributed by atoms with Crippen LogP contribution in [0.15, 0.2) is 12.1 Å². The molecule has 6 heteroatoms. The fraction of sp³-hybridized carbons (Fsp3) is 0.333. The zero-order chi connectivity index (χ0) is 10.7. The molecular formula is C9H12ClF2NO2. The molecule has 1 aromatic carbocycles. The highest BCUT2D eigenvalue weighted by Crippen LogP contribution is 2.24. The predicted octanol–water partition coefficient (Wildman–Crippen LogP) is 1.39. The molecule has 3 nitrogen and oxygen atoms in total. The van der Waals surface area contributed by atoms with E-state index >= 15 is 0 Å². The van der Waals surface area contributed by atoms with E-state index in [1.165, 1.54) is 7.11 Å². The van der Waals surface area contributed by atoms with Gasteiger partial charge >= 0.3 is 0 Å². The van der Waals surface area contributed by atoms with Crippen LogP contribution in [-0.4, -0.2) is 18.8 Å². The maximum absolute atomic E-state index is 13.2. The minimum Gasteiger partial charge on any atom is -0.497 e. The van der Waals surface area contributed by atoms with E-state index in [4.69, 9.17) is 10.8 Å². The number of ether oxygens (including phenoxy) is 1. The summed E-state index contributed by atoms with van der Waals surface area (Å²) in [5.74, 6) is -1.55. The molecule has 0 saturated carbocycles. The van der Waals surface area contributed by atoms with Gasteiger partial charge in [0.05, 0.1) is 19.8 Å². The first-order valence-corrected chi connectivity index (χ1v) is 3.99. The summed E-state index contributed by atoms with van der Waals surface area (Å²) in [6.45, 7) is -0.514. The molecule has 0 saturated heterocycles. The maximum atomic E-state index is 13.2. The first-order chi connectivity index (χ1) is 6.60. The van der Waals surface area contributed by atoms with E-state index in [2.05, 4.69) is 4.74 Å². The molecule has 86 valence electrons. The van der Waals surface area contributed by atoms with Crippen molar-refractivity contribution in [3.63, 3.8) is 0 Å². The Labute approximate surface area is 92.3 Å². The minimum absolute atomic E-state index is 0. The number of halogens is 3. The van der Waals surface area contributed by atoms with Crippen LogP contribution in [0.4, 0.5) is 8.78 Å². The smallest absolute Gasteiger partial charge is 0.134 e. The van der Waals surface area contributed by atoms with Crippen LogP contribution in [0.2, 0.25) is 0 Å². The van der Waals surface area contributed by atoms with Crippen molar-refractivity contribution in [1.82, 2.24) is 0 Å². The zero-order valence-electron chi connectivity index (χ0n) is 8.04. The summed E-state index contributed by atoms with van der Waals surface area (Å²) in [7, 11) is 1.31. The molecule has 0 aliphatic rings. The van der Waals surface area contributed by atoms with Gasteiger partial charge in [-0.1, -0.05) is 0 Å². The third-order valence-corrected chi connectivity index (χ3v) is 1.86. The second-order valence-corrected chi connectivity index (χ2v) is 2.79. The Bertz CT molecular complexity index is 313. The molecule has 0 bridgehead atoms. The van der Waals surface area contributed by atoms with Gasteiger partial charge in [0.15, 0.2) is 0 Å². The lowest BCUT2D eigenvalue weighted by Crippen LogP contribution is -2.18. The number of aliphatic hydroxyl groups excluding tert-OH is 1. The van der Waals surface area contributed by atoms with Crippen LogP contribution in [0.25, 0.3) is 0 Å². The second kappa shape index (κ2) is 5.85. The summed E-state index contributed by atoms with van der Waals surface area (Å²) in [4.78, 5) is 0. The molecule has 0 spiro atoms. The van der Waals surface area contributed by atoms with Gasteiger partial charge in [0.2, 0.25) is 0 Å². The molecule has 15 heavy (non-hydrogen) atoms. The molecule has 1 aromatic rings. The van der Waals surface area contributed by atoms with Crippen LogP contribution < -0.4 is 10.5 Å². The Hall–Kier alpha value is -0.910. The summed E-state index contributed by atoms with van der Waals surface area (Å²) < 4.78 is 31.1. The highest BCUT2D eigenvalue weighted by molar-refractivity contribution is 5.85. The largest absolute Gasteiger partial charge is 0.497 e. The topological polar surface area (TPSA) is 55.5 Å². The fourth-order valence-corrected chi connectivity index (χ4v) is 1.12. The molecule has 0 radical (unpaired) electrons. The molecule has 0 amide bonds. The Morgan fingerprint density at radius 2 is 1.87 bits per heavy atom. The van der Waals surface area contributed by atoms with Crippen LogP contribution in [0.3, 0.4) is 0 Å². The van der Waals surface area contributed by atoms with Crippen LogP contribution in [0, 0.1) is 11.6 Å². The molecular weight excluding hydrogens is 228 g/mol. The monoisotopic (exact) mass is 239 g/mol. The fourth-order valence-electron chi connectivity index (χ4n) is 1.12. The van der Waals surface area contributed by atoms with Gasteiger partial charge in [-0.2, -0.15) is 0 Å². The SMILES string of the molecule is COc1cc(F)c([C@@H](N)CO)c(F)c1.Cl. The normalized spacial score (nSPS) is 11.8. The van der Waals surface area contributed by atoms with Crippen LogP contribution >= 0.6 is 12.4 Å². The van der Waals surface area contributed by atoms with Crippen LogP contribution in [-0.2, 0) is 0 Å². The Kier molecular flexibility index (Phi) is 5.49. The maximum Gasteiger partial charge on any atom is 0.134 e. The molecule has 0 unspecified atom stereocenters. The molecule has 1 rings (SSSR count). The van der Waals surface area contributed by atoms with E-state index in [1.54, 1.807) is 0 Å². The van der Waals surface area contributed by atoms with E-state index in [0.717, 1.165) is 12.1 Å². The van der Waals surface area contributed by atoms with Crippen LogP contribution in [0.1, 0.15) is 11.6 Å². The quantitative estimate of drug-likeness (QED) is 0.838. The molecule has 0 aliphatic heterocycles. The molecule has 0 aliphatic carbocycles. The highest BCUT2D eigenvalue weighted by Gasteiger charge is 2.17. The summed E-state index contributed by atoms with van der Waals surface area (Å²) in [6, 6.07) is 0.989. The Balaban J connectivity index is 0.00000196. The predicted molar refractivity (Wildman–Crippen MR) is 54.2 cm³/mol. The summed E-state index contributed by atoms with van der Waals surface area (Å²) in [5.41, 5.74) is 4.99. The summed E-state index contributed by atoms with van der Waals surface area (Å²) in [6.07, 6.45) is 0. The lowest BCUT2D eigenvalue weighted by atomic mass is 10.1. The van der Waals surface area contributed by atoms with Crippen molar-refractivity contribution in [2.45, 2.75) is 6.04 Å². The number of benzene rings is 1. The molecule has 3 N–H and O–H groups in total. The molecule has 0 fully saturated rings. The van der Waals surface area contributed by atoms with Crippen molar-refractivity contribution in [1.29, 1.82) is 0 Å². The number of aliphatic hydroxyl groups is 1. The van der Waals surface area contributed by atoms with E-state index in [0.29, 0.717) is 0 Å². The number of methoxy groups -OCH3 is 1. The average molecular weight is 240 g/mol. The first kappa shape index (κ1) is 14.1. The van der Waals surface area contributed by atoms with Gasteiger partial charge in [0.1, 0.15) is 17.4 Å².